The first-order valence-electron chi connectivity index (χ1n) is 6.89. The number of hydrogen-bond acceptors (Lipinski definition) is 2. The predicted molar refractivity (Wildman–Crippen MR) is 69.6 cm³/mol. The van der Waals surface area contributed by atoms with E-state index in [-0.39, 0.29) is 0 Å². The summed E-state index contributed by atoms with van der Waals surface area (Å²) in [7, 11) is 0. The van der Waals surface area contributed by atoms with Gasteiger partial charge in [-0.15, -0.1) is 0 Å². The van der Waals surface area contributed by atoms with Gasteiger partial charge in [0.2, 0.25) is 0 Å². The van der Waals surface area contributed by atoms with Crippen LogP contribution in [0, 0.1) is 0 Å². The smallest absolute Gasteiger partial charge is 0.122 e. The van der Waals surface area contributed by atoms with Crippen molar-refractivity contribution in [2.75, 3.05) is 26.2 Å². The van der Waals surface area contributed by atoms with Gasteiger partial charge in [0, 0.05) is 6.42 Å². The zero-order valence-electron chi connectivity index (χ0n) is 10.5. The highest BCUT2D eigenvalue weighted by molar-refractivity contribution is 5.39. The number of fused-ring (bicyclic) bond motifs is 1. The van der Waals surface area contributed by atoms with E-state index in [1.165, 1.54) is 56.4 Å². The lowest BCUT2D eigenvalue weighted by atomic mass is 10.0. The third-order valence-corrected chi connectivity index (χ3v) is 3.89. The van der Waals surface area contributed by atoms with Crippen LogP contribution in [0.3, 0.4) is 0 Å². The van der Waals surface area contributed by atoms with Gasteiger partial charge in [0.05, 0.1) is 6.61 Å². The Morgan fingerprint density at radius 1 is 1.18 bits per heavy atom. The predicted octanol–water partition coefficient (Wildman–Crippen LogP) is 2.65. The molecule has 92 valence electrons. The van der Waals surface area contributed by atoms with E-state index in [4.69, 9.17) is 4.74 Å². The van der Waals surface area contributed by atoms with E-state index >= 15 is 0 Å². The Hall–Kier alpha value is -1.02. The van der Waals surface area contributed by atoms with E-state index in [1.54, 1.807) is 0 Å². The van der Waals surface area contributed by atoms with E-state index in [9.17, 15) is 0 Å². The van der Waals surface area contributed by atoms with Gasteiger partial charge in [-0.2, -0.15) is 0 Å². The number of nitrogens with zero attached hydrogens (tertiary/aromatic N) is 1. The monoisotopic (exact) mass is 231 g/mol. The van der Waals surface area contributed by atoms with Crippen LogP contribution >= 0.6 is 0 Å². The van der Waals surface area contributed by atoms with Crippen LogP contribution in [0.2, 0.25) is 0 Å². The largest absolute Gasteiger partial charge is 0.493 e. The minimum atomic E-state index is 0.868. The molecule has 17 heavy (non-hydrogen) atoms. The summed E-state index contributed by atoms with van der Waals surface area (Å²) in [4.78, 5) is 2.59. The molecule has 1 fully saturated rings. The molecule has 1 aromatic carbocycles. The van der Waals surface area contributed by atoms with Crippen LogP contribution in [-0.4, -0.2) is 31.1 Å². The standard InChI is InChI=1S/C15H21NO/c1-2-9-16(8-1)10-3-4-13-5-6-15-14(12-13)7-11-17-15/h5-6,12H,1-4,7-11H2. The highest BCUT2D eigenvalue weighted by Crippen LogP contribution is 2.26. The topological polar surface area (TPSA) is 12.5 Å². The maximum Gasteiger partial charge on any atom is 0.122 e. The van der Waals surface area contributed by atoms with E-state index in [2.05, 4.69) is 23.1 Å². The average molecular weight is 231 g/mol. The molecule has 2 nitrogen and oxygen atoms in total. The molecule has 0 amide bonds. The van der Waals surface area contributed by atoms with Crippen LogP contribution in [0.15, 0.2) is 18.2 Å². The molecule has 0 bridgehead atoms. The second kappa shape index (κ2) is 5.09. The third-order valence-electron chi connectivity index (χ3n) is 3.89. The summed E-state index contributed by atoms with van der Waals surface area (Å²) in [5, 5.41) is 0. The Labute approximate surface area is 104 Å². The lowest BCUT2D eigenvalue weighted by Gasteiger charge is -2.14. The van der Waals surface area contributed by atoms with Crippen molar-refractivity contribution in [3.05, 3.63) is 29.3 Å². The summed E-state index contributed by atoms with van der Waals surface area (Å²) >= 11 is 0. The van der Waals surface area contributed by atoms with Crippen molar-refractivity contribution in [2.24, 2.45) is 0 Å². The number of aryl methyl sites for hydroxylation is 1. The second-order valence-electron chi connectivity index (χ2n) is 5.19. The molecule has 0 saturated carbocycles. The second-order valence-corrected chi connectivity index (χ2v) is 5.19. The first kappa shape index (κ1) is 11.1. The molecule has 0 spiro atoms. The molecule has 2 heteroatoms. The minimum Gasteiger partial charge on any atom is -0.493 e. The van der Waals surface area contributed by atoms with Gasteiger partial charge in [-0.05, 0) is 62.5 Å². The Morgan fingerprint density at radius 3 is 2.94 bits per heavy atom. The summed E-state index contributed by atoms with van der Waals surface area (Å²) in [6.45, 7) is 4.77. The van der Waals surface area contributed by atoms with Gasteiger partial charge in [0.1, 0.15) is 5.75 Å². The van der Waals surface area contributed by atoms with Crippen LogP contribution < -0.4 is 4.74 Å². The van der Waals surface area contributed by atoms with Crippen LogP contribution in [0.25, 0.3) is 0 Å². The SMILES string of the molecule is c1cc2c(cc1CCCN1CCCC1)CCO2. The van der Waals surface area contributed by atoms with E-state index in [0.717, 1.165) is 18.8 Å². The van der Waals surface area contributed by atoms with E-state index in [1.807, 2.05) is 0 Å². The maximum absolute atomic E-state index is 5.53. The van der Waals surface area contributed by atoms with Gasteiger partial charge in [-0.3, -0.25) is 0 Å². The van der Waals surface area contributed by atoms with Crippen molar-refractivity contribution in [2.45, 2.75) is 32.1 Å². The normalized spacial score (nSPS) is 19.3. The quantitative estimate of drug-likeness (QED) is 0.790. The van der Waals surface area contributed by atoms with E-state index < -0.39 is 0 Å². The number of ether oxygens (including phenoxy) is 1. The molecule has 0 aliphatic carbocycles. The first-order chi connectivity index (χ1) is 8.42. The van der Waals surface area contributed by atoms with Gasteiger partial charge in [0.25, 0.3) is 0 Å². The highest BCUT2D eigenvalue weighted by atomic mass is 16.5. The summed E-state index contributed by atoms with van der Waals surface area (Å²) in [6.07, 6.45) is 6.39. The molecule has 0 radical (unpaired) electrons. The Kier molecular flexibility index (Phi) is 3.32. The van der Waals surface area contributed by atoms with Crippen LogP contribution in [0.5, 0.6) is 5.75 Å². The summed E-state index contributed by atoms with van der Waals surface area (Å²) in [6, 6.07) is 6.72. The molecule has 1 saturated heterocycles. The third kappa shape index (κ3) is 2.63. The molecular formula is C15H21NO. The fourth-order valence-corrected chi connectivity index (χ4v) is 2.91. The lowest BCUT2D eigenvalue weighted by molar-refractivity contribution is 0.334. The van der Waals surface area contributed by atoms with Crippen LogP contribution in [0.4, 0.5) is 0 Å². The average Bonchev–Trinajstić information content (AvgIpc) is 2.98. The molecule has 3 rings (SSSR count). The van der Waals surface area contributed by atoms with Crippen molar-refractivity contribution in [3.63, 3.8) is 0 Å². The van der Waals surface area contributed by atoms with Gasteiger partial charge in [0.15, 0.2) is 0 Å². The zero-order chi connectivity index (χ0) is 11.5. The fourth-order valence-electron chi connectivity index (χ4n) is 2.91. The Bertz CT molecular complexity index is 383. The van der Waals surface area contributed by atoms with Crippen LogP contribution in [0.1, 0.15) is 30.4 Å². The molecule has 2 aliphatic heterocycles. The fraction of sp³-hybridized carbons (Fsp3) is 0.600. The number of benzene rings is 1. The Balaban J connectivity index is 1.51. The molecule has 0 atom stereocenters. The van der Waals surface area contributed by atoms with Gasteiger partial charge in [-0.25, -0.2) is 0 Å². The minimum absolute atomic E-state index is 0.868. The van der Waals surface area contributed by atoms with Crippen molar-refractivity contribution in [3.8, 4) is 5.75 Å². The Morgan fingerprint density at radius 2 is 2.06 bits per heavy atom. The van der Waals surface area contributed by atoms with Gasteiger partial charge < -0.3 is 9.64 Å². The molecule has 1 aromatic rings. The van der Waals surface area contributed by atoms with Gasteiger partial charge >= 0.3 is 0 Å². The maximum atomic E-state index is 5.53. The molecule has 0 unspecified atom stereocenters. The van der Waals surface area contributed by atoms with E-state index in [0.29, 0.717) is 0 Å². The summed E-state index contributed by atoms with van der Waals surface area (Å²) < 4.78 is 5.53. The molecular weight excluding hydrogens is 210 g/mol. The van der Waals surface area contributed by atoms with Crippen molar-refractivity contribution in [1.29, 1.82) is 0 Å². The van der Waals surface area contributed by atoms with Gasteiger partial charge in [-0.1, -0.05) is 12.1 Å². The number of hydrogen-bond donors (Lipinski definition) is 0. The highest BCUT2D eigenvalue weighted by Gasteiger charge is 2.13. The first-order valence-corrected chi connectivity index (χ1v) is 6.89. The van der Waals surface area contributed by atoms with Crippen LogP contribution in [-0.2, 0) is 12.8 Å². The van der Waals surface area contributed by atoms with Crippen molar-refractivity contribution < 1.29 is 4.74 Å². The summed E-state index contributed by atoms with van der Waals surface area (Å²) in [5.41, 5.74) is 2.89. The number of likely N-dealkylation sites (tertiary alicyclic amines) is 1. The zero-order valence-corrected chi connectivity index (χ0v) is 10.5. The molecule has 0 aromatic heterocycles. The van der Waals surface area contributed by atoms with Crippen molar-refractivity contribution in [1.82, 2.24) is 4.90 Å². The molecule has 0 N–H and O–H groups in total. The molecule has 2 aliphatic rings. The summed E-state index contributed by atoms with van der Waals surface area (Å²) in [5.74, 6) is 1.10. The molecule has 2 heterocycles. The lowest BCUT2D eigenvalue weighted by Crippen LogP contribution is -2.20. The number of rotatable bonds is 4. The van der Waals surface area contributed by atoms with Crippen molar-refractivity contribution >= 4 is 0 Å².